The number of allylic oxidation sites excluding steroid dienone is 9. The first kappa shape index (κ1) is 12.6. The monoisotopic (exact) mass is 276 g/mol. The fraction of sp³-hybridized carbons (Fsp3) is 0.316. The van der Waals surface area contributed by atoms with E-state index in [1.54, 1.807) is 0 Å². The van der Waals surface area contributed by atoms with Crippen LogP contribution < -0.4 is 0 Å². The van der Waals surface area contributed by atoms with Crippen LogP contribution in [0.1, 0.15) is 33.5 Å². The van der Waals surface area contributed by atoms with Gasteiger partial charge in [0.05, 0.1) is 5.54 Å². The van der Waals surface area contributed by atoms with Gasteiger partial charge in [-0.05, 0) is 53.7 Å². The van der Waals surface area contributed by atoms with Crippen LogP contribution in [0, 0.1) is 5.92 Å². The van der Waals surface area contributed by atoms with Gasteiger partial charge in [-0.15, -0.1) is 0 Å². The van der Waals surface area contributed by atoms with Gasteiger partial charge in [0.15, 0.2) is 0 Å². The lowest BCUT2D eigenvalue weighted by molar-refractivity contribution is 0.479. The average molecular weight is 276 g/mol. The largest absolute Gasteiger partial charge is 0.318 e. The lowest BCUT2D eigenvalue weighted by atomic mass is 9.83. The minimum absolute atomic E-state index is 0.146. The van der Waals surface area contributed by atoms with E-state index in [2.05, 4.69) is 73.8 Å². The maximum atomic E-state index is 4.50. The van der Waals surface area contributed by atoms with Crippen molar-refractivity contribution in [2.45, 2.75) is 33.2 Å². The zero-order chi connectivity index (χ0) is 14.8. The highest BCUT2D eigenvalue weighted by molar-refractivity contribution is 5.76. The molecule has 1 atom stereocenters. The Morgan fingerprint density at radius 1 is 1.19 bits per heavy atom. The summed E-state index contributed by atoms with van der Waals surface area (Å²) >= 11 is 0. The standard InChI is InChI=1S/C19H20N2/c1-12(2)14-5-6-19(4)18-15(9-13(3)16(18)10-14)11-17-20-7-8-21(17)19/h5-12H,1-4H3/t19-/m0/s1. The molecule has 4 rings (SSSR count). The van der Waals surface area contributed by atoms with Crippen LogP contribution >= 0.6 is 0 Å². The second kappa shape index (κ2) is 3.97. The smallest absolute Gasteiger partial charge is 0.134 e. The quantitative estimate of drug-likeness (QED) is 0.743. The highest BCUT2D eigenvalue weighted by Crippen LogP contribution is 2.48. The molecule has 2 aliphatic carbocycles. The molecule has 3 aliphatic rings. The maximum absolute atomic E-state index is 4.50. The molecule has 0 spiro atoms. The van der Waals surface area contributed by atoms with Crippen molar-refractivity contribution < 1.29 is 0 Å². The third-order valence-corrected chi connectivity index (χ3v) is 4.89. The second-order valence-electron chi connectivity index (χ2n) is 6.65. The van der Waals surface area contributed by atoms with Gasteiger partial charge in [0, 0.05) is 12.4 Å². The molecule has 2 heterocycles. The summed E-state index contributed by atoms with van der Waals surface area (Å²) in [5.41, 5.74) is 6.72. The van der Waals surface area contributed by atoms with Gasteiger partial charge in [0.1, 0.15) is 5.82 Å². The van der Waals surface area contributed by atoms with E-state index in [4.69, 9.17) is 0 Å². The van der Waals surface area contributed by atoms with Gasteiger partial charge in [-0.3, -0.25) is 0 Å². The van der Waals surface area contributed by atoms with E-state index in [-0.39, 0.29) is 5.54 Å². The molecule has 0 saturated carbocycles. The first-order valence-electron chi connectivity index (χ1n) is 7.61. The molecule has 0 saturated heterocycles. The maximum Gasteiger partial charge on any atom is 0.134 e. The van der Waals surface area contributed by atoms with Gasteiger partial charge in [-0.2, -0.15) is 0 Å². The Bertz CT molecular complexity index is 793. The van der Waals surface area contributed by atoms with E-state index in [0.29, 0.717) is 5.92 Å². The second-order valence-corrected chi connectivity index (χ2v) is 6.65. The Labute approximate surface area is 125 Å². The highest BCUT2D eigenvalue weighted by atomic mass is 15.1. The van der Waals surface area contributed by atoms with Crippen LogP contribution in [0.15, 0.2) is 64.6 Å². The summed E-state index contributed by atoms with van der Waals surface area (Å²) in [7, 11) is 0. The molecule has 1 aromatic heterocycles. The molecule has 0 aromatic carbocycles. The Balaban J connectivity index is 2.06. The third-order valence-electron chi connectivity index (χ3n) is 4.89. The number of hydrogen-bond donors (Lipinski definition) is 0. The minimum Gasteiger partial charge on any atom is -0.318 e. The fourth-order valence-electron chi connectivity index (χ4n) is 3.67. The summed E-state index contributed by atoms with van der Waals surface area (Å²) in [4.78, 5) is 4.50. The normalized spacial score (nSPS) is 26.2. The molecule has 0 amide bonds. The van der Waals surface area contributed by atoms with Crippen molar-refractivity contribution in [1.29, 1.82) is 0 Å². The molecule has 106 valence electrons. The molecule has 0 unspecified atom stereocenters. The molecule has 0 bridgehead atoms. The SMILES string of the molecule is CC1=CC2=Cc3nccn3[C@@]3(C)C=CC(C(C)C)=CC1=C23. The van der Waals surface area contributed by atoms with Gasteiger partial charge < -0.3 is 4.57 Å². The van der Waals surface area contributed by atoms with E-state index >= 15 is 0 Å². The van der Waals surface area contributed by atoms with Crippen molar-refractivity contribution in [2.24, 2.45) is 5.92 Å². The Morgan fingerprint density at radius 2 is 2.00 bits per heavy atom. The van der Waals surface area contributed by atoms with Gasteiger partial charge >= 0.3 is 0 Å². The van der Waals surface area contributed by atoms with Gasteiger partial charge in [0.2, 0.25) is 0 Å². The van der Waals surface area contributed by atoms with Crippen molar-refractivity contribution in [3.8, 4) is 0 Å². The predicted octanol–water partition coefficient (Wildman–Crippen LogP) is 4.40. The molecular weight excluding hydrogens is 256 g/mol. The zero-order valence-corrected chi connectivity index (χ0v) is 13.0. The van der Waals surface area contributed by atoms with Crippen LogP contribution in [0.4, 0.5) is 0 Å². The number of rotatable bonds is 1. The zero-order valence-electron chi connectivity index (χ0n) is 13.0. The predicted molar refractivity (Wildman–Crippen MR) is 86.7 cm³/mol. The van der Waals surface area contributed by atoms with Crippen molar-refractivity contribution in [3.05, 3.63) is 70.4 Å². The fourth-order valence-corrected chi connectivity index (χ4v) is 3.67. The molecule has 2 nitrogen and oxygen atoms in total. The lowest BCUT2D eigenvalue weighted by Gasteiger charge is -2.35. The van der Waals surface area contributed by atoms with Crippen molar-refractivity contribution in [1.82, 2.24) is 9.55 Å². The molecule has 0 fully saturated rings. The molecule has 2 heteroatoms. The Morgan fingerprint density at radius 3 is 2.76 bits per heavy atom. The minimum atomic E-state index is -0.146. The number of imidazole rings is 1. The lowest BCUT2D eigenvalue weighted by Crippen LogP contribution is -2.33. The van der Waals surface area contributed by atoms with Crippen LogP contribution in [-0.2, 0) is 5.54 Å². The molecule has 21 heavy (non-hydrogen) atoms. The summed E-state index contributed by atoms with van der Waals surface area (Å²) in [6, 6.07) is 0. The molecule has 1 aliphatic heterocycles. The summed E-state index contributed by atoms with van der Waals surface area (Å²) < 4.78 is 2.28. The van der Waals surface area contributed by atoms with E-state index in [1.165, 1.54) is 27.9 Å². The summed E-state index contributed by atoms with van der Waals surface area (Å²) in [6.45, 7) is 9.02. The number of hydrogen-bond acceptors (Lipinski definition) is 1. The van der Waals surface area contributed by atoms with E-state index < -0.39 is 0 Å². The van der Waals surface area contributed by atoms with Gasteiger partial charge in [0.25, 0.3) is 0 Å². The Kier molecular flexibility index (Phi) is 2.39. The van der Waals surface area contributed by atoms with Crippen LogP contribution in [0.25, 0.3) is 6.08 Å². The summed E-state index contributed by atoms with van der Waals surface area (Å²) in [5, 5.41) is 0. The van der Waals surface area contributed by atoms with Crippen LogP contribution in [0.2, 0.25) is 0 Å². The van der Waals surface area contributed by atoms with E-state index in [9.17, 15) is 0 Å². The topological polar surface area (TPSA) is 17.8 Å². The van der Waals surface area contributed by atoms with Gasteiger partial charge in [-0.1, -0.05) is 38.2 Å². The van der Waals surface area contributed by atoms with Crippen LogP contribution in [-0.4, -0.2) is 9.55 Å². The molecule has 0 N–H and O–H groups in total. The summed E-state index contributed by atoms with van der Waals surface area (Å²) in [5.74, 6) is 1.57. The van der Waals surface area contributed by atoms with Crippen LogP contribution in [0.5, 0.6) is 0 Å². The average Bonchev–Trinajstić information content (AvgIpc) is 2.95. The van der Waals surface area contributed by atoms with Gasteiger partial charge in [-0.25, -0.2) is 4.98 Å². The number of aromatic nitrogens is 2. The first-order chi connectivity index (χ1) is 10.0. The van der Waals surface area contributed by atoms with E-state index in [1.807, 2.05) is 6.20 Å². The van der Waals surface area contributed by atoms with Crippen molar-refractivity contribution in [2.75, 3.05) is 0 Å². The van der Waals surface area contributed by atoms with Crippen LogP contribution in [0.3, 0.4) is 0 Å². The number of fused-ring (bicyclic) bond motifs is 2. The summed E-state index contributed by atoms with van der Waals surface area (Å²) in [6.07, 6.45) is 15.5. The highest BCUT2D eigenvalue weighted by Gasteiger charge is 2.40. The van der Waals surface area contributed by atoms with E-state index in [0.717, 1.165) is 5.82 Å². The molecular formula is C19H20N2. The molecule has 1 aromatic rings. The molecule has 0 radical (unpaired) electrons. The van der Waals surface area contributed by atoms with Crippen molar-refractivity contribution >= 4 is 6.08 Å². The van der Waals surface area contributed by atoms with Crippen molar-refractivity contribution in [3.63, 3.8) is 0 Å². The third kappa shape index (κ3) is 1.56. The Hall–Kier alpha value is -2.09. The number of nitrogens with zero attached hydrogens (tertiary/aromatic N) is 2. The first-order valence-corrected chi connectivity index (χ1v) is 7.61.